The molecule has 0 atom stereocenters. The Hall–Kier alpha value is -1.65. The number of pyridine rings is 1. The molecule has 20 heavy (non-hydrogen) atoms. The Morgan fingerprint density at radius 1 is 1.20 bits per heavy atom. The minimum Gasteiger partial charge on any atom is -0.389 e. The Labute approximate surface area is 127 Å². The van der Waals surface area contributed by atoms with E-state index in [1.54, 1.807) is 10.6 Å². The Morgan fingerprint density at radius 2 is 1.85 bits per heavy atom. The SMILES string of the molecule is NC(=S)c1ccc(-c2ccc(Cl)cc2)n(C2CC2)c1=O. The van der Waals surface area contributed by atoms with Crippen molar-refractivity contribution < 1.29 is 0 Å². The van der Waals surface area contributed by atoms with Crippen LogP contribution in [-0.4, -0.2) is 9.56 Å². The molecule has 2 N–H and O–H groups in total. The van der Waals surface area contributed by atoms with Crippen LogP contribution < -0.4 is 11.3 Å². The summed E-state index contributed by atoms with van der Waals surface area (Å²) in [4.78, 5) is 12.7. The number of halogens is 1. The maximum absolute atomic E-state index is 12.5. The van der Waals surface area contributed by atoms with Crippen molar-refractivity contribution in [1.29, 1.82) is 0 Å². The summed E-state index contributed by atoms with van der Waals surface area (Å²) < 4.78 is 1.80. The average Bonchev–Trinajstić information content (AvgIpc) is 3.23. The smallest absolute Gasteiger partial charge is 0.261 e. The summed E-state index contributed by atoms with van der Waals surface area (Å²) in [6, 6.07) is 11.3. The molecule has 1 aromatic carbocycles. The van der Waals surface area contributed by atoms with E-state index in [9.17, 15) is 4.79 Å². The van der Waals surface area contributed by atoms with E-state index < -0.39 is 0 Å². The molecule has 102 valence electrons. The van der Waals surface area contributed by atoms with Crippen LogP contribution >= 0.6 is 23.8 Å². The number of aromatic nitrogens is 1. The molecule has 0 radical (unpaired) electrons. The molecule has 1 saturated carbocycles. The predicted molar refractivity (Wildman–Crippen MR) is 85.3 cm³/mol. The van der Waals surface area contributed by atoms with Crippen molar-refractivity contribution in [2.75, 3.05) is 0 Å². The number of nitrogens with two attached hydrogens (primary N) is 1. The summed E-state index contributed by atoms with van der Waals surface area (Å²) in [6.45, 7) is 0. The Kier molecular flexibility index (Phi) is 3.36. The van der Waals surface area contributed by atoms with Gasteiger partial charge >= 0.3 is 0 Å². The minimum atomic E-state index is -0.104. The van der Waals surface area contributed by atoms with E-state index in [0.29, 0.717) is 10.6 Å². The summed E-state index contributed by atoms with van der Waals surface area (Å²) in [7, 11) is 0. The van der Waals surface area contributed by atoms with Crippen LogP contribution in [0, 0.1) is 0 Å². The molecule has 1 aliphatic rings. The first-order valence-corrected chi connectivity index (χ1v) is 7.18. The van der Waals surface area contributed by atoms with Gasteiger partial charge in [0, 0.05) is 11.1 Å². The molecule has 5 heteroatoms. The summed E-state index contributed by atoms with van der Waals surface area (Å²) in [5, 5.41) is 0.675. The highest BCUT2D eigenvalue weighted by Crippen LogP contribution is 2.37. The van der Waals surface area contributed by atoms with Crippen molar-refractivity contribution in [3.8, 4) is 11.3 Å². The second kappa shape index (κ2) is 5.04. The second-order valence-electron chi connectivity index (χ2n) is 4.91. The van der Waals surface area contributed by atoms with Crippen molar-refractivity contribution in [2.45, 2.75) is 18.9 Å². The van der Waals surface area contributed by atoms with Crippen LogP contribution in [0.25, 0.3) is 11.3 Å². The maximum atomic E-state index is 12.5. The van der Waals surface area contributed by atoms with Crippen molar-refractivity contribution >= 4 is 28.8 Å². The van der Waals surface area contributed by atoms with Crippen LogP contribution in [0.5, 0.6) is 0 Å². The fourth-order valence-electron chi connectivity index (χ4n) is 2.29. The Bertz CT molecular complexity index is 733. The predicted octanol–water partition coefficient (Wildman–Crippen LogP) is 3.14. The van der Waals surface area contributed by atoms with E-state index in [1.165, 1.54) is 0 Å². The maximum Gasteiger partial charge on any atom is 0.261 e. The molecule has 1 aromatic heterocycles. The zero-order valence-electron chi connectivity index (χ0n) is 10.7. The Morgan fingerprint density at radius 3 is 2.40 bits per heavy atom. The van der Waals surface area contributed by atoms with E-state index in [0.717, 1.165) is 24.1 Å². The number of thiocarbonyl (C=S) groups is 1. The highest BCUT2D eigenvalue weighted by Gasteiger charge is 2.28. The summed E-state index contributed by atoms with van der Waals surface area (Å²) >= 11 is 10.8. The van der Waals surface area contributed by atoms with E-state index in [2.05, 4.69) is 0 Å². The van der Waals surface area contributed by atoms with Gasteiger partial charge in [0.05, 0.1) is 11.3 Å². The van der Waals surface area contributed by atoms with Gasteiger partial charge in [-0.25, -0.2) is 0 Å². The zero-order valence-corrected chi connectivity index (χ0v) is 12.2. The highest BCUT2D eigenvalue weighted by molar-refractivity contribution is 7.80. The summed E-state index contributed by atoms with van der Waals surface area (Å²) in [6.07, 6.45) is 2.03. The van der Waals surface area contributed by atoms with Gasteiger partial charge in [-0.05, 0) is 42.7 Å². The van der Waals surface area contributed by atoms with Gasteiger partial charge in [0.2, 0.25) is 0 Å². The molecule has 1 fully saturated rings. The lowest BCUT2D eigenvalue weighted by Crippen LogP contribution is -2.29. The van der Waals surface area contributed by atoms with Crippen LogP contribution in [0.3, 0.4) is 0 Å². The van der Waals surface area contributed by atoms with Crippen molar-refractivity contribution in [3.63, 3.8) is 0 Å². The molecule has 2 aromatic rings. The van der Waals surface area contributed by atoms with Gasteiger partial charge in [-0.15, -0.1) is 0 Å². The van der Waals surface area contributed by atoms with Crippen molar-refractivity contribution in [3.05, 3.63) is 57.3 Å². The lowest BCUT2D eigenvalue weighted by atomic mass is 10.1. The Balaban J connectivity index is 2.21. The molecule has 0 unspecified atom stereocenters. The largest absolute Gasteiger partial charge is 0.389 e. The third kappa shape index (κ3) is 2.37. The highest BCUT2D eigenvalue weighted by atomic mass is 35.5. The van der Waals surface area contributed by atoms with Gasteiger partial charge in [0.15, 0.2) is 0 Å². The molecule has 0 aliphatic heterocycles. The van der Waals surface area contributed by atoms with Crippen LogP contribution in [0.15, 0.2) is 41.2 Å². The van der Waals surface area contributed by atoms with Gasteiger partial charge in [-0.2, -0.15) is 0 Å². The second-order valence-corrected chi connectivity index (χ2v) is 5.79. The average molecular weight is 305 g/mol. The minimum absolute atomic E-state index is 0.104. The number of benzene rings is 1. The van der Waals surface area contributed by atoms with E-state index >= 15 is 0 Å². The molecular formula is C15H13ClN2OS. The van der Waals surface area contributed by atoms with Crippen molar-refractivity contribution in [1.82, 2.24) is 4.57 Å². The van der Waals surface area contributed by atoms with Gasteiger partial charge < -0.3 is 10.3 Å². The monoisotopic (exact) mass is 304 g/mol. The molecule has 0 spiro atoms. The molecule has 0 saturated heterocycles. The van der Waals surface area contributed by atoms with Gasteiger partial charge in [0.25, 0.3) is 5.56 Å². The topological polar surface area (TPSA) is 48.0 Å². The number of hydrogen-bond acceptors (Lipinski definition) is 2. The molecule has 3 nitrogen and oxygen atoms in total. The number of rotatable bonds is 3. The molecule has 1 heterocycles. The van der Waals surface area contributed by atoms with Crippen LogP contribution in [0.1, 0.15) is 24.4 Å². The van der Waals surface area contributed by atoms with Crippen molar-refractivity contribution in [2.24, 2.45) is 5.73 Å². The summed E-state index contributed by atoms with van der Waals surface area (Å²) in [5.41, 5.74) is 7.77. The van der Waals surface area contributed by atoms with Crippen LogP contribution in [0.4, 0.5) is 0 Å². The third-order valence-electron chi connectivity index (χ3n) is 3.43. The first-order chi connectivity index (χ1) is 9.58. The third-order valence-corrected chi connectivity index (χ3v) is 3.91. The molecular weight excluding hydrogens is 292 g/mol. The first kappa shape index (κ1) is 13.3. The zero-order chi connectivity index (χ0) is 14.3. The number of hydrogen-bond donors (Lipinski definition) is 1. The fraction of sp³-hybridized carbons (Fsp3) is 0.200. The molecule has 3 rings (SSSR count). The normalized spacial score (nSPS) is 14.2. The fourth-order valence-corrected chi connectivity index (χ4v) is 2.57. The standard InChI is InChI=1S/C15H13ClN2OS/c16-10-3-1-9(2-4-10)13-8-7-12(14(17)20)15(19)18(13)11-5-6-11/h1-4,7-8,11H,5-6H2,(H2,17,20). The lowest BCUT2D eigenvalue weighted by Gasteiger charge is -2.14. The van der Waals surface area contributed by atoms with E-state index in [-0.39, 0.29) is 16.6 Å². The number of nitrogens with zero attached hydrogens (tertiary/aromatic N) is 1. The lowest BCUT2D eigenvalue weighted by molar-refractivity contribution is 0.714. The van der Waals surface area contributed by atoms with Gasteiger partial charge in [-0.1, -0.05) is 36.0 Å². The van der Waals surface area contributed by atoms with Crippen LogP contribution in [0.2, 0.25) is 5.02 Å². The van der Waals surface area contributed by atoms with E-state index in [4.69, 9.17) is 29.6 Å². The van der Waals surface area contributed by atoms with Gasteiger partial charge in [0.1, 0.15) is 4.99 Å². The van der Waals surface area contributed by atoms with Crippen LogP contribution in [-0.2, 0) is 0 Å². The molecule has 0 amide bonds. The first-order valence-electron chi connectivity index (χ1n) is 6.39. The summed E-state index contributed by atoms with van der Waals surface area (Å²) in [5.74, 6) is 0. The molecule has 0 bridgehead atoms. The quantitative estimate of drug-likeness (QED) is 0.886. The van der Waals surface area contributed by atoms with E-state index in [1.807, 2.05) is 30.3 Å². The molecule has 1 aliphatic carbocycles. The van der Waals surface area contributed by atoms with Gasteiger partial charge in [-0.3, -0.25) is 4.79 Å².